The normalized spacial score (nSPS) is 13.2. The van der Waals surface area contributed by atoms with Crippen LogP contribution < -0.4 is 10.6 Å². The summed E-state index contributed by atoms with van der Waals surface area (Å²) in [5, 5.41) is 24.8. The number of para-hydroxylation sites is 2. The van der Waals surface area contributed by atoms with Crippen LogP contribution in [0.4, 0.5) is 11.4 Å². The van der Waals surface area contributed by atoms with E-state index in [1.54, 1.807) is 0 Å². The number of fused-ring (bicyclic) bond motifs is 2. The maximum Gasteiger partial charge on any atom is 0.123 e. The van der Waals surface area contributed by atoms with Gasteiger partial charge in [0.2, 0.25) is 0 Å². The highest BCUT2D eigenvalue weighted by Crippen LogP contribution is 2.26. The molecule has 2 heterocycles. The zero-order valence-electron chi connectivity index (χ0n) is 19.6. The minimum atomic E-state index is 0.0329. The molecule has 3 aromatic carbocycles. The van der Waals surface area contributed by atoms with Crippen LogP contribution in [0.3, 0.4) is 0 Å². The Hall–Kier alpha value is -3.94. The van der Waals surface area contributed by atoms with Crippen molar-refractivity contribution in [2.45, 2.75) is 51.9 Å². The molecule has 0 radical (unpaired) electrons. The number of rotatable bonds is 10. The molecule has 0 saturated heterocycles. The van der Waals surface area contributed by atoms with Crippen LogP contribution in [-0.2, 0) is 0 Å². The molecule has 2 aromatic heterocycles. The van der Waals surface area contributed by atoms with E-state index < -0.39 is 0 Å². The van der Waals surface area contributed by atoms with Crippen molar-refractivity contribution in [1.82, 2.24) is 30.0 Å². The minimum Gasteiger partial charge on any atom is -0.364 e. The average molecular weight is 455 g/mol. The lowest BCUT2D eigenvalue weighted by Gasteiger charge is -2.22. The molecule has 0 aliphatic heterocycles. The Bertz CT molecular complexity index is 1250. The predicted molar refractivity (Wildman–Crippen MR) is 137 cm³/mol. The van der Waals surface area contributed by atoms with Gasteiger partial charge in [0.05, 0.1) is 11.0 Å². The van der Waals surface area contributed by atoms with Gasteiger partial charge in [-0.05, 0) is 61.4 Å². The zero-order valence-corrected chi connectivity index (χ0v) is 19.6. The van der Waals surface area contributed by atoms with E-state index in [4.69, 9.17) is 0 Å². The zero-order chi connectivity index (χ0) is 23.3. The van der Waals surface area contributed by atoms with Crippen LogP contribution in [0.2, 0.25) is 0 Å². The van der Waals surface area contributed by atoms with Gasteiger partial charge in [-0.3, -0.25) is 0 Å². The lowest BCUT2D eigenvalue weighted by atomic mass is 10.2. The first-order chi connectivity index (χ1) is 16.8. The van der Waals surface area contributed by atoms with E-state index in [1.165, 1.54) is 0 Å². The molecular weight excluding hydrogens is 424 g/mol. The average Bonchev–Trinajstić information content (AvgIpc) is 3.49. The number of anilines is 2. The van der Waals surface area contributed by atoms with E-state index >= 15 is 0 Å². The maximum atomic E-state index is 4.42. The maximum absolute atomic E-state index is 4.42. The molecule has 8 nitrogen and oxygen atoms in total. The monoisotopic (exact) mass is 454 g/mol. The fraction of sp³-hybridized carbons (Fsp3) is 0.308. The first-order valence-electron chi connectivity index (χ1n) is 12.0. The van der Waals surface area contributed by atoms with Gasteiger partial charge in [-0.15, -0.1) is 10.2 Å². The van der Waals surface area contributed by atoms with Crippen molar-refractivity contribution in [3.8, 4) is 0 Å². The highest BCUT2D eigenvalue weighted by atomic mass is 15.5. The van der Waals surface area contributed by atoms with Crippen molar-refractivity contribution >= 4 is 33.4 Å². The van der Waals surface area contributed by atoms with Gasteiger partial charge in [-0.2, -0.15) is 0 Å². The Balaban J connectivity index is 1.34. The summed E-state index contributed by atoms with van der Waals surface area (Å²) in [7, 11) is 0. The van der Waals surface area contributed by atoms with Crippen LogP contribution >= 0.6 is 0 Å². The Labute approximate surface area is 199 Å². The SMILES string of the molecule is CCCC(Nc1ccc(NC(CCC)n2nnc3ccccc32)cc1)n1nnc2ccccc21. The lowest BCUT2D eigenvalue weighted by Crippen LogP contribution is -2.20. The molecule has 8 heteroatoms. The van der Waals surface area contributed by atoms with E-state index in [-0.39, 0.29) is 12.3 Å². The molecule has 0 spiro atoms. The highest BCUT2D eigenvalue weighted by molar-refractivity contribution is 5.75. The number of aromatic nitrogens is 6. The molecule has 0 amide bonds. The summed E-state index contributed by atoms with van der Waals surface area (Å²) in [5.41, 5.74) is 5.98. The standard InChI is InChI=1S/C26H30N8/c1-3-9-25(33-23-13-7-5-11-21(23)29-31-33)27-19-15-17-20(18-16-19)28-26(10-4-2)34-24-14-8-6-12-22(24)30-32-34/h5-8,11-18,25-28H,3-4,9-10H2,1-2H3. The summed E-state index contributed by atoms with van der Waals surface area (Å²) in [6.45, 7) is 4.37. The molecule has 2 unspecified atom stereocenters. The summed E-state index contributed by atoms with van der Waals surface area (Å²) < 4.78 is 3.97. The van der Waals surface area contributed by atoms with Crippen molar-refractivity contribution in [1.29, 1.82) is 0 Å². The summed E-state index contributed by atoms with van der Waals surface area (Å²) in [4.78, 5) is 0. The van der Waals surface area contributed by atoms with Crippen LogP contribution in [-0.4, -0.2) is 30.0 Å². The van der Waals surface area contributed by atoms with Crippen LogP contribution in [0.5, 0.6) is 0 Å². The second-order valence-corrected chi connectivity index (χ2v) is 8.52. The number of nitrogens with zero attached hydrogens (tertiary/aromatic N) is 6. The third-order valence-corrected chi connectivity index (χ3v) is 6.02. The molecule has 5 aromatic rings. The van der Waals surface area contributed by atoms with E-state index in [2.05, 4.69) is 81.5 Å². The fourth-order valence-corrected chi connectivity index (χ4v) is 4.34. The second kappa shape index (κ2) is 9.91. The molecule has 0 fully saturated rings. The molecule has 0 aliphatic rings. The van der Waals surface area contributed by atoms with Gasteiger partial charge < -0.3 is 10.6 Å². The van der Waals surface area contributed by atoms with Crippen molar-refractivity contribution in [3.05, 3.63) is 72.8 Å². The Kier molecular flexibility index (Phi) is 6.38. The van der Waals surface area contributed by atoms with Crippen molar-refractivity contribution in [2.75, 3.05) is 10.6 Å². The molecule has 0 bridgehead atoms. The lowest BCUT2D eigenvalue weighted by molar-refractivity contribution is 0.466. The molecule has 2 N–H and O–H groups in total. The molecular formula is C26H30N8. The largest absolute Gasteiger partial charge is 0.364 e. The van der Waals surface area contributed by atoms with Gasteiger partial charge >= 0.3 is 0 Å². The second-order valence-electron chi connectivity index (χ2n) is 8.52. The van der Waals surface area contributed by atoms with E-state index in [9.17, 15) is 0 Å². The van der Waals surface area contributed by atoms with Gasteiger partial charge in [-0.25, -0.2) is 9.36 Å². The summed E-state index contributed by atoms with van der Waals surface area (Å²) in [6.07, 6.45) is 4.04. The molecule has 174 valence electrons. The first-order valence-corrected chi connectivity index (χ1v) is 12.0. The number of benzene rings is 3. The van der Waals surface area contributed by atoms with Crippen molar-refractivity contribution < 1.29 is 0 Å². The predicted octanol–water partition coefficient (Wildman–Crippen LogP) is 6.00. The third kappa shape index (κ3) is 4.44. The number of hydrogen-bond donors (Lipinski definition) is 2. The molecule has 0 saturated carbocycles. The van der Waals surface area contributed by atoms with E-state index in [1.807, 2.05) is 45.8 Å². The minimum absolute atomic E-state index is 0.0329. The summed E-state index contributed by atoms with van der Waals surface area (Å²) in [5.74, 6) is 0. The molecule has 5 rings (SSSR count). The van der Waals surface area contributed by atoms with Gasteiger partial charge in [-0.1, -0.05) is 61.4 Å². The Morgan fingerprint density at radius 1 is 0.618 bits per heavy atom. The van der Waals surface area contributed by atoms with E-state index in [0.29, 0.717) is 0 Å². The van der Waals surface area contributed by atoms with Crippen molar-refractivity contribution in [2.24, 2.45) is 0 Å². The van der Waals surface area contributed by atoms with Crippen LogP contribution in [0.1, 0.15) is 51.9 Å². The van der Waals surface area contributed by atoms with Crippen LogP contribution in [0.25, 0.3) is 22.1 Å². The summed E-state index contributed by atoms with van der Waals surface area (Å²) in [6, 6.07) is 24.6. The van der Waals surface area contributed by atoms with Crippen LogP contribution in [0.15, 0.2) is 72.8 Å². The van der Waals surface area contributed by atoms with Gasteiger partial charge in [0.25, 0.3) is 0 Å². The molecule has 0 aliphatic carbocycles. The summed E-state index contributed by atoms with van der Waals surface area (Å²) >= 11 is 0. The molecule has 2 atom stereocenters. The number of hydrogen-bond acceptors (Lipinski definition) is 6. The topological polar surface area (TPSA) is 85.5 Å². The molecule has 34 heavy (non-hydrogen) atoms. The Morgan fingerprint density at radius 2 is 1.03 bits per heavy atom. The van der Waals surface area contributed by atoms with Gasteiger partial charge in [0.1, 0.15) is 23.4 Å². The van der Waals surface area contributed by atoms with Crippen LogP contribution in [0, 0.1) is 0 Å². The van der Waals surface area contributed by atoms with Crippen molar-refractivity contribution in [3.63, 3.8) is 0 Å². The smallest absolute Gasteiger partial charge is 0.123 e. The first kappa shape index (κ1) is 21.9. The fourth-order valence-electron chi connectivity index (χ4n) is 4.34. The Morgan fingerprint density at radius 3 is 1.44 bits per heavy atom. The highest BCUT2D eigenvalue weighted by Gasteiger charge is 2.16. The number of nitrogens with one attached hydrogen (secondary N) is 2. The quantitative estimate of drug-likeness (QED) is 0.269. The van der Waals surface area contributed by atoms with Gasteiger partial charge in [0.15, 0.2) is 0 Å². The van der Waals surface area contributed by atoms with Gasteiger partial charge in [0, 0.05) is 11.4 Å². The third-order valence-electron chi connectivity index (χ3n) is 6.02. The van der Waals surface area contributed by atoms with E-state index in [0.717, 1.165) is 59.1 Å².